The summed E-state index contributed by atoms with van der Waals surface area (Å²) < 4.78 is 1.58. The van der Waals surface area contributed by atoms with Gasteiger partial charge in [-0.05, 0) is 18.9 Å². The van der Waals surface area contributed by atoms with Gasteiger partial charge in [0, 0.05) is 18.9 Å². The maximum Gasteiger partial charge on any atom is 0.252 e. The first-order valence-corrected chi connectivity index (χ1v) is 7.68. The molecule has 23 heavy (non-hydrogen) atoms. The molecule has 3 aromatic heterocycles. The lowest BCUT2D eigenvalue weighted by molar-refractivity contribution is 0.0614. The molecule has 0 atom stereocenters. The van der Waals surface area contributed by atoms with Crippen LogP contribution >= 0.6 is 0 Å². The monoisotopic (exact) mass is 311 g/mol. The van der Waals surface area contributed by atoms with Gasteiger partial charge in [-0.3, -0.25) is 0 Å². The third-order valence-corrected chi connectivity index (χ3v) is 4.23. The number of rotatable bonds is 4. The van der Waals surface area contributed by atoms with Crippen LogP contribution < -0.4 is 5.32 Å². The predicted molar refractivity (Wildman–Crippen MR) is 84.2 cm³/mol. The summed E-state index contributed by atoms with van der Waals surface area (Å²) in [5, 5.41) is 18.8. The van der Waals surface area contributed by atoms with Crippen molar-refractivity contribution in [3.63, 3.8) is 0 Å². The molecule has 8 heteroatoms. The Morgan fingerprint density at radius 3 is 2.70 bits per heavy atom. The molecule has 0 unspecified atom stereocenters. The van der Waals surface area contributed by atoms with Crippen molar-refractivity contribution >= 4 is 16.9 Å². The summed E-state index contributed by atoms with van der Waals surface area (Å²) in [7, 11) is 0. The van der Waals surface area contributed by atoms with Crippen molar-refractivity contribution in [1.29, 1.82) is 0 Å². The van der Waals surface area contributed by atoms with Gasteiger partial charge < -0.3 is 10.4 Å². The molecule has 0 spiro atoms. The largest absolute Gasteiger partial charge is 0.388 e. The number of hydrogen-bond donors (Lipinski definition) is 2. The molecule has 1 aliphatic rings. The van der Waals surface area contributed by atoms with Crippen LogP contribution in [0.4, 0.5) is 5.82 Å². The van der Waals surface area contributed by atoms with Gasteiger partial charge in [-0.2, -0.15) is 9.78 Å². The first-order valence-electron chi connectivity index (χ1n) is 7.68. The summed E-state index contributed by atoms with van der Waals surface area (Å²) in [6, 6.07) is 1.75. The first kappa shape index (κ1) is 14.0. The van der Waals surface area contributed by atoms with Gasteiger partial charge in [0.25, 0.3) is 5.95 Å². The fourth-order valence-electron chi connectivity index (χ4n) is 2.99. The Labute approximate surface area is 132 Å². The highest BCUT2D eigenvalue weighted by Crippen LogP contribution is 2.30. The third kappa shape index (κ3) is 2.61. The molecule has 8 nitrogen and oxygen atoms in total. The number of hydrogen-bond acceptors (Lipinski definition) is 7. The van der Waals surface area contributed by atoms with Crippen molar-refractivity contribution in [2.75, 3.05) is 11.9 Å². The molecule has 0 saturated heterocycles. The van der Waals surface area contributed by atoms with E-state index in [-0.39, 0.29) is 0 Å². The van der Waals surface area contributed by atoms with Crippen LogP contribution in [0.25, 0.3) is 17.0 Å². The lowest BCUT2D eigenvalue weighted by Gasteiger charge is -2.22. The van der Waals surface area contributed by atoms with Gasteiger partial charge in [-0.15, -0.1) is 0 Å². The average molecular weight is 311 g/mol. The Morgan fingerprint density at radius 1 is 1.13 bits per heavy atom. The second-order valence-corrected chi connectivity index (χ2v) is 5.85. The quantitative estimate of drug-likeness (QED) is 0.749. The Balaban J connectivity index is 1.65. The Hall–Kier alpha value is -2.61. The van der Waals surface area contributed by atoms with Gasteiger partial charge in [-0.1, -0.05) is 12.8 Å². The normalized spacial score (nSPS) is 16.7. The molecule has 2 N–H and O–H groups in total. The van der Waals surface area contributed by atoms with Crippen LogP contribution in [0.3, 0.4) is 0 Å². The molecule has 0 bridgehead atoms. The van der Waals surface area contributed by atoms with E-state index in [0.717, 1.165) is 31.1 Å². The first-order chi connectivity index (χ1) is 11.3. The second-order valence-electron chi connectivity index (χ2n) is 5.85. The molecule has 1 fully saturated rings. The second kappa shape index (κ2) is 5.54. The maximum atomic E-state index is 10.5. The summed E-state index contributed by atoms with van der Waals surface area (Å²) >= 11 is 0. The number of nitrogens with zero attached hydrogens (tertiary/aromatic N) is 6. The van der Waals surface area contributed by atoms with Crippen LogP contribution in [0.5, 0.6) is 0 Å². The molecule has 1 saturated carbocycles. The topological polar surface area (TPSA) is 102 Å². The van der Waals surface area contributed by atoms with Crippen LogP contribution in [0.2, 0.25) is 0 Å². The fraction of sp³-hybridized carbons (Fsp3) is 0.400. The van der Waals surface area contributed by atoms with E-state index in [4.69, 9.17) is 0 Å². The zero-order chi connectivity index (χ0) is 15.7. The lowest BCUT2D eigenvalue weighted by atomic mass is 10.0. The minimum absolute atomic E-state index is 0.460. The summed E-state index contributed by atoms with van der Waals surface area (Å²) in [5.41, 5.74) is -0.0115. The van der Waals surface area contributed by atoms with Gasteiger partial charge >= 0.3 is 0 Å². The van der Waals surface area contributed by atoms with Crippen LogP contribution in [0.1, 0.15) is 25.7 Å². The van der Waals surface area contributed by atoms with Crippen LogP contribution in [0.15, 0.2) is 31.0 Å². The summed E-state index contributed by atoms with van der Waals surface area (Å²) in [6.45, 7) is 0.478. The SMILES string of the molecule is OC1(CNc2ncnc3c2cnn3-c2ncccn2)CCCC1. The Bertz CT molecular complexity index is 811. The van der Waals surface area contributed by atoms with E-state index >= 15 is 0 Å². The Kier molecular flexibility index (Phi) is 3.38. The minimum atomic E-state index is -0.643. The molecular formula is C15H17N7O. The predicted octanol–water partition coefficient (Wildman–Crippen LogP) is 1.32. The highest BCUT2D eigenvalue weighted by Gasteiger charge is 2.31. The average Bonchev–Trinajstić information content (AvgIpc) is 3.21. The molecular weight excluding hydrogens is 294 g/mol. The van der Waals surface area contributed by atoms with E-state index in [1.54, 1.807) is 29.3 Å². The van der Waals surface area contributed by atoms with Crippen molar-refractivity contribution in [1.82, 2.24) is 29.7 Å². The van der Waals surface area contributed by atoms with Crippen molar-refractivity contribution in [3.8, 4) is 5.95 Å². The molecule has 0 amide bonds. The summed E-state index contributed by atoms with van der Waals surface area (Å²) in [4.78, 5) is 16.9. The number of anilines is 1. The van der Waals surface area contributed by atoms with Crippen molar-refractivity contribution in [2.45, 2.75) is 31.3 Å². The molecule has 0 aliphatic heterocycles. The standard InChI is InChI=1S/C15H17N7O/c23-15(4-1-2-5-15)9-18-12-11-8-21-22(13(11)20-10-19-12)14-16-6-3-7-17-14/h3,6-8,10,23H,1-2,4-5,9H2,(H,18,19,20). The van der Waals surface area contributed by atoms with E-state index in [1.807, 2.05) is 0 Å². The van der Waals surface area contributed by atoms with E-state index < -0.39 is 5.60 Å². The summed E-state index contributed by atoms with van der Waals surface area (Å²) in [6.07, 6.45) is 10.3. The van der Waals surface area contributed by atoms with Crippen LogP contribution in [0, 0.1) is 0 Å². The highest BCUT2D eigenvalue weighted by atomic mass is 16.3. The zero-order valence-electron chi connectivity index (χ0n) is 12.6. The van der Waals surface area contributed by atoms with Crippen molar-refractivity contribution in [3.05, 3.63) is 31.0 Å². The maximum absolute atomic E-state index is 10.5. The number of aromatic nitrogens is 6. The molecule has 0 radical (unpaired) electrons. The van der Waals surface area contributed by atoms with E-state index in [1.165, 1.54) is 6.33 Å². The number of aliphatic hydroxyl groups is 1. The van der Waals surface area contributed by atoms with Crippen LogP contribution in [-0.4, -0.2) is 47.0 Å². The lowest BCUT2D eigenvalue weighted by Crippen LogP contribution is -2.33. The Morgan fingerprint density at radius 2 is 1.91 bits per heavy atom. The van der Waals surface area contributed by atoms with Crippen LogP contribution in [-0.2, 0) is 0 Å². The molecule has 3 heterocycles. The van der Waals surface area contributed by atoms with Gasteiger partial charge in [0.2, 0.25) is 0 Å². The van der Waals surface area contributed by atoms with E-state index in [9.17, 15) is 5.11 Å². The molecule has 0 aromatic carbocycles. The fourth-order valence-corrected chi connectivity index (χ4v) is 2.99. The smallest absolute Gasteiger partial charge is 0.252 e. The molecule has 3 aromatic rings. The number of fused-ring (bicyclic) bond motifs is 1. The molecule has 1 aliphatic carbocycles. The van der Waals surface area contributed by atoms with Gasteiger partial charge in [0.05, 0.1) is 17.2 Å². The molecule has 118 valence electrons. The van der Waals surface area contributed by atoms with E-state index in [0.29, 0.717) is 24.0 Å². The number of nitrogens with one attached hydrogen (secondary N) is 1. The van der Waals surface area contributed by atoms with Crippen molar-refractivity contribution < 1.29 is 5.11 Å². The van der Waals surface area contributed by atoms with Gasteiger partial charge in [-0.25, -0.2) is 19.9 Å². The minimum Gasteiger partial charge on any atom is -0.388 e. The highest BCUT2D eigenvalue weighted by molar-refractivity contribution is 5.86. The van der Waals surface area contributed by atoms with Gasteiger partial charge in [0.15, 0.2) is 5.65 Å². The van der Waals surface area contributed by atoms with E-state index in [2.05, 4.69) is 30.4 Å². The summed E-state index contributed by atoms with van der Waals surface area (Å²) in [5.74, 6) is 1.12. The van der Waals surface area contributed by atoms with Crippen molar-refractivity contribution in [2.24, 2.45) is 0 Å². The molecule has 4 rings (SSSR count). The zero-order valence-corrected chi connectivity index (χ0v) is 12.6. The third-order valence-electron chi connectivity index (χ3n) is 4.23. The van der Waals surface area contributed by atoms with Gasteiger partial charge in [0.1, 0.15) is 12.1 Å².